The molecule has 0 amide bonds. The largest absolute Gasteiger partial charge is 0.309 e. The first-order valence-corrected chi connectivity index (χ1v) is 18.3. The van der Waals surface area contributed by atoms with Crippen molar-refractivity contribution in [2.45, 2.75) is 0 Å². The lowest BCUT2D eigenvalue weighted by molar-refractivity contribution is 1.18. The van der Waals surface area contributed by atoms with Gasteiger partial charge >= 0.3 is 0 Å². The molecule has 8 aromatic carbocycles. The maximum atomic E-state index is 2.49. The minimum atomic E-state index is 1.16. The van der Waals surface area contributed by atoms with Crippen molar-refractivity contribution in [1.82, 2.24) is 9.13 Å². The Kier molecular flexibility index (Phi) is 6.16. The highest BCUT2D eigenvalue weighted by atomic mass is 32.1. The van der Waals surface area contributed by atoms with Gasteiger partial charge in [-0.3, -0.25) is 0 Å². The number of thiophene rings is 1. The monoisotopic (exact) mass is 666 g/mol. The van der Waals surface area contributed by atoms with Crippen LogP contribution in [0.25, 0.3) is 97.4 Å². The first kappa shape index (κ1) is 28.4. The van der Waals surface area contributed by atoms with Crippen molar-refractivity contribution in [2.24, 2.45) is 0 Å². The highest BCUT2D eigenvalue weighted by Crippen LogP contribution is 2.44. The number of fused-ring (bicyclic) bond motifs is 9. The summed E-state index contributed by atoms with van der Waals surface area (Å²) in [5.41, 5.74) is 12.1. The Bertz CT molecular complexity index is 3130. The molecule has 0 bridgehead atoms. The van der Waals surface area contributed by atoms with E-state index >= 15 is 0 Å². The van der Waals surface area contributed by atoms with Crippen LogP contribution in [0.4, 0.5) is 0 Å². The molecule has 0 saturated carbocycles. The molecule has 3 heterocycles. The highest BCUT2D eigenvalue weighted by molar-refractivity contribution is 7.26. The summed E-state index contributed by atoms with van der Waals surface area (Å²) in [5.74, 6) is 0. The van der Waals surface area contributed by atoms with Gasteiger partial charge in [-0.05, 0) is 59.7 Å². The van der Waals surface area contributed by atoms with Gasteiger partial charge < -0.3 is 9.13 Å². The Morgan fingerprint density at radius 1 is 0.333 bits per heavy atom. The van der Waals surface area contributed by atoms with Crippen LogP contribution in [-0.4, -0.2) is 9.13 Å². The lowest BCUT2D eigenvalue weighted by Crippen LogP contribution is -1.96. The Morgan fingerprint density at radius 2 is 0.961 bits per heavy atom. The molecule has 0 N–H and O–H groups in total. The van der Waals surface area contributed by atoms with Crippen LogP contribution in [0.2, 0.25) is 0 Å². The predicted octanol–water partition coefficient (Wildman–Crippen LogP) is 13.6. The topological polar surface area (TPSA) is 9.86 Å². The second-order valence-corrected chi connectivity index (χ2v) is 14.4. The molecule has 3 heteroatoms. The van der Waals surface area contributed by atoms with E-state index < -0.39 is 0 Å². The van der Waals surface area contributed by atoms with E-state index in [0.29, 0.717) is 0 Å². The molecule has 0 saturated heterocycles. The molecule has 0 radical (unpaired) electrons. The van der Waals surface area contributed by atoms with Crippen LogP contribution < -0.4 is 0 Å². The van der Waals surface area contributed by atoms with Crippen molar-refractivity contribution >= 4 is 75.1 Å². The molecule has 3 aromatic heterocycles. The minimum Gasteiger partial charge on any atom is -0.309 e. The summed E-state index contributed by atoms with van der Waals surface area (Å²) in [4.78, 5) is 0. The molecule has 0 atom stereocenters. The van der Waals surface area contributed by atoms with Crippen molar-refractivity contribution in [1.29, 1.82) is 0 Å². The van der Waals surface area contributed by atoms with E-state index in [1.54, 1.807) is 0 Å². The third-order valence-electron chi connectivity index (χ3n) is 10.5. The standard InChI is InChI=1S/C48H30N2S/c1-3-14-31(15-4-1)41-29-34(30-42-39-20-9-12-25-46(39)51-48(41)42)49-43-23-10-7-18-36(43)38-27-26-32(28-45(38)49)35-21-13-22-40-37-19-8-11-24-44(37)50(47(35)40)33-16-5-2-6-17-33/h1-30H. The van der Waals surface area contributed by atoms with Crippen LogP contribution in [0.1, 0.15) is 0 Å². The molecule has 11 rings (SSSR count). The molecule has 0 fully saturated rings. The molecule has 0 spiro atoms. The molecule has 0 aliphatic rings. The fourth-order valence-corrected chi connectivity index (χ4v) is 9.51. The lowest BCUT2D eigenvalue weighted by Gasteiger charge is -2.14. The van der Waals surface area contributed by atoms with Gasteiger partial charge in [0.2, 0.25) is 0 Å². The van der Waals surface area contributed by atoms with E-state index in [4.69, 9.17) is 0 Å². The summed E-state index contributed by atoms with van der Waals surface area (Å²) in [6.45, 7) is 0. The second kappa shape index (κ2) is 11.0. The van der Waals surface area contributed by atoms with Crippen molar-refractivity contribution < 1.29 is 0 Å². The van der Waals surface area contributed by atoms with Crippen molar-refractivity contribution in [3.05, 3.63) is 182 Å². The summed E-state index contributed by atoms with van der Waals surface area (Å²) in [6, 6.07) is 66.7. The predicted molar refractivity (Wildman–Crippen MR) is 219 cm³/mol. The van der Waals surface area contributed by atoms with E-state index in [-0.39, 0.29) is 0 Å². The van der Waals surface area contributed by atoms with Gasteiger partial charge in [0.05, 0.1) is 22.1 Å². The van der Waals surface area contributed by atoms with Gasteiger partial charge in [-0.2, -0.15) is 0 Å². The number of benzene rings is 8. The lowest BCUT2D eigenvalue weighted by atomic mass is 10.00. The Balaban J connectivity index is 1.23. The minimum absolute atomic E-state index is 1.16. The number of hydrogen-bond donors (Lipinski definition) is 0. The number of nitrogens with zero attached hydrogens (tertiary/aromatic N) is 2. The summed E-state index contributed by atoms with van der Waals surface area (Å²) < 4.78 is 7.56. The van der Waals surface area contributed by atoms with Crippen LogP contribution in [0, 0.1) is 0 Å². The van der Waals surface area contributed by atoms with Crippen LogP contribution in [0.3, 0.4) is 0 Å². The van der Waals surface area contributed by atoms with E-state index in [1.165, 1.54) is 91.7 Å². The van der Waals surface area contributed by atoms with Crippen LogP contribution in [-0.2, 0) is 0 Å². The zero-order chi connectivity index (χ0) is 33.5. The zero-order valence-electron chi connectivity index (χ0n) is 27.6. The maximum absolute atomic E-state index is 2.49. The van der Waals surface area contributed by atoms with E-state index in [0.717, 1.165) is 5.69 Å². The third-order valence-corrected chi connectivity index (χ3v) is 11.7. The second-order valence-electron chi connectivity index (χ2n) is 13.3. The van der Waals surface area contributed by atoms with Gasteiger partial charge in [0.25, 0.3) is 0 Å². The van der Waals surface area contributed by atoms with Gasteiger partial charge in [-0.1, -0.05) is 133 Å². The summed E-state index contributed by atoms with van der Waals surface area (Å²) in [5, 5.41) is 7.63. The zero-order valence-corrected chi connectivity index (χ0v) is 28.4. The average molecular weight is 667 g/mol. The van der Waals surface area contributed by atoms with Crippen LogP contribution in [0.5, 0.6) is 0 Å². The molecule has 51 heavy (non-hydrogen) atoms. The molecular formula is C48H30N2S. The molecule has 0 aliphatic carbocycles. The molecular weight excluding hydrogens is 637 g/mol. The van der Waals surface area contributed by atoms with Crippen molar-refractivity contribution in [3.63, 3.8) is 0 Å². The number of hydrogen-bond acceptors (Lipinski definition) is 1. The quantitative estimate of drug-likeness (QED) is 0.177. The number of aromatic nitrogens is 2. The van der Waals surface area contributed by atoms with Gasteiger partial charge in [-0.25, -0.2) is 0 Å². The van der Waals surface area contributed by atoms with Crippen LogP contribution >= 0.6 is 11.3 Å². The van der Waals surface area contributed by atoms with Gasteiger partial charge in [0, 0.05) is 64.2 Å². The summed E-state index contributed by atoms with van der Waals surface area (Å²) in [7, 11) is 0. The SMILES string of the molecule is c1ccc(-c2cc(-n3c4ccccc4c4ccc(-c5cccc6c7ccccc7n(-c7ccccc7)c56)cc43)cc3c2sc2ccccc23)cc1. The molecule has 0 aliphatic heterocycles. The number of para-hydroxylation sites is 4. The normalized spacial score (nSPS) is 11.9. The smallest absolute Gasteiger partial charge is 0.0619 e. The van der Waals surface area contributed by atoms with Crippen molar-refractivity contribution in [2.75, 3.05) is 0 Å². The summed E-state index contributed by atoms with van der Waals surface area (Å²) in [6.07, 6.45) is 0. The number of rotatable bonds is 4. The van der Waals surface area contributed by atoms with Gasteiger partial charge in [0.15, 0.2) is 0 Å². The first-order chi connectivity index (χ1) is 25.3. The molecule has 238 valence electrons. The molecule has 2 nitrogen and oxygen atoms in total. The van der Waals surface area contributed by atoms with Crippen LogP contribution in [0.15, 0.2) is 182 Å². The Labute approximate surface area is 298 Å². The fraction of sp³-hybridized carbons (Fsp3) is 0. The molecule has 11 aromatic rings. The first-order valence-electron chi connectivity index (χ1n) is 17.4. The molecule has 0 unspecified atom stereocenters. The van der Waals surface area contributed by atoms with E-state index in [1.807, 2.05) is 11.3 Å². The maximum Gasteiger partial charge on any atom is 0.0619 e. The fourth-order valence-electron chi connectivity index (χ4n) is 8.29. The highest BCUT2D eigenvalue weighted by Gasteiger charge is 2.20. The third kappa shape index (κ3) is 4.22. The Morgan fingerprint density at radius 3 is 1.76 bits per heavy atom. The average Bonchev–Trinajstić information content (AvgIpc) is 3.86. The Hall–Kier alpha value is -6.42. The van der Waals surface area contributed by atoms with E-state index in [2.05, 4.69) is 191 Å². The van der Waals surface area contributed by atoms with Gasteiger partial charge in [-0.15, -0.1) is 11.3 Å². The van der Waals surface area contributed by atoms with Crippen molar-refractivity contribution in [3.8, 4) is 33.6 Å². The summed E-state index contributed by atoms with van der Waals surface area (Å²) >= 11 is 1.89. The van der Waals surface area contributed by atoms with E-state index in [9.17, 15) is 0 Å². The van der Waals surface area contributed by atoms with Gasteiger partial charge in [0.1, 0.15) is 0 Å².